The van der Waals surface area contributed by atoms with Gasteiger partial charge in [-0.1, -0.05) is 24.3 Å². The van der Waals surface area contributed by atoms with Gasteiger partial charge < -0.3 is 15.2 Å². The summed E-state index contributed by atoms with van der Waals surface area (Å²) in [7, 11) is 1.47. The standard InChI is InChI=1S/C16H13N3O3/c1-22-13-8-4-5-10(15(13)20)9-17-19-14-11-6-2-3-7-12(11)18-16(14)21/h2-9,20H,1H3,(H,18,19,21)/b17-9+. The van der Waals surface area contributed by atoms with Crippen molar-refractivity contribution in [1.82, 2.24) is 0 Å². The summed E-state index contributed by atoms with van der Waals surface area (Å²) < 4.78 is 5.02. The Bertz CT molecular complexity index is 797. The van der Waals surface area contributed by atoms with Crippen LogP contribution in [0.1, 0.15) is 11.1 Å². The van der Waals surface area contributed by atoms with Gasteiger partial charge in [0.25, 0.3) is 5.91 Å². The number of ether oxygens (including phenoxy) is 1. The third kappa shape index (κ3) is 2.42. The molecule has 1 aliphatic heterocycles. The molecule has 6 heteroatoms. The molecule has 110 valence electrons. The molecule has 0 aliphatic carbocycles. The molecule has 6 nitrogen and oxygen atoms in total. The lowest BCUT2D eigenvalue weighted by molar-refractivity contribution is -0.110. The van der Waals surface area contributed by atoms with Gasteiger partial charge in [0.1, 0.15) is 0 Å². The molecule has 2 aromatic carbocycles. The highest BCUT2D eigenvalue weighted by Crippen LogP contribution is 2.28. The second kappa shape index (κ2) is 5.69. The second-order valence-corrected chi connectivity index (χ2v) is 4.59. The van der Waals surface area contributed by atoms with Crippen LogP contribution >= 0.6 is 0 Å². The van der Waals surface area contributed by atoms with E-state index in [4.69, 9.17) is 4.74 Å². The molecule has 1 heterocycles. The molecule has 1 aliphatic rings. The molecule has 3 rings (SSSR count). The lowest BCUT2D eigenvalue weighted by Gasteiger charge is -2.04. The zero-order valence-electron chi connectivity index (χ0n) is 11.8. The van der Waals surface area contributed by atoms with Gasteiger partial charge in [0.15, 0.2) is 17.2 Å². The number of fused-ring (bicyclic) bond motifs is 1. The van der Waals surface area contributed by atoms with Crippen molar-refractivity contribution < 1.29 is 14.6 Å². The number of hydrogen-bond acceptors (Lipinski definition) is 5. The van der Waals surface area contributed by atoms with Crippen molar-refractivity contribution in [2.75, 3.05) is 12.4 Å². The molecule has 1 amide bonds. The number of carbonyl (C=O) groups is 1. The number of phenols is 1. The molecule has 0 saturated heterocycles. The third-order valence-corrected chi connectivity index (χ3v) is 3.25. The summed E-state index contributed by atoms with van der Waals surface area (Å²) in [5.74, 6) is 0.0268. The number of methoxy groups -OCH3 is 1. The van der Waals surface area contributed by atoms with E-state index < -0.39 is 0 Å². The van der Waals surface area contributed by atoms with E-state index in [2.05, 4.69) is 15.5 Å². The zero-order chi connectivity index (χ0) is 15.5. The first-order valence-corrected chi connectivity index (χ1v) is 6.58. The first kappa shape index (κ1) is 13.8. The van der Waals surface area contributed by atoms with Crippen LogP contribution < -0.4 is 10.1 Å². The van der Waals surface area contributed by atoms with Crippen LogP contribution in [0.25, 0.3) is 0 Å². The molecule has 0 bridgehead atoms. The number of nitrogens with zero attached hydrogens (tertiary/aromatic N) is 2. The Morgan fingerprint density at radius 3 is 2.82 bits per heavy atom. The topological polar surface area (TPSA) is 83.3 Å². The van der Waals surface area contributed by atoms with E-state index in [1.807, 2.05) is 12.1 Å². The second-order valence-electron chi connectivity index (χ2n) is 4.59. The summed E-state index contributed by atoms with van der Waals surface area (Å²) in [6, 6.07) is 12.3. The average Bonchev–Trinajstić information content (AvgIpc) is 2.85. The molecular weight excluding hydrogens is 282 g/mol. The van der Waals surface area contributed by atoms with Crippen LogP contribution in [0.2, 0.25) is 0 Å². The van der Waals surface area contributed by atoms with Crippen LogP contribution in [0.4, 0.5) is 5.69 Å². The number of nitrogens with one attached hydrogen (secondary N) is 1. The number of para-hydroxylation sites is 2. The van der Waals surface area contributed by atoms with E-state index >= 15 is 0 Å². The van der Waals surface area contributed by atoms with Crippen molar-refractivity contribution in [2.24, 2.45) is 10.2 Å². The molecule has 0 radical (unpaired) electrons. The molecule has 2 aromatic rings. The predicted molar refractivity (Wildman–Crippen MR) is 83.9 cm³/mol. The molecule has 0 fully saturated rings. The highest BCUT2D eigenvalue weighted by Gasteiger charge is 2.25. The van der Waals surface area contributed by atoms with Crippen molar-refractivity contribution in [3.05, 3.63) is 53.6 Å². The fourth-order valence-electron chi connectivity index (χ4n) is 2.16. The minimum atomic E-state index is -0.298. The SMILES string of the molecule is COc1cccc(/C=N/N=C2/C(=O)Nc3ccccc32)c1O. The number of aromatic hydroxyl groups is 1. The van der Waals surface area contributed by atoms with Crippen LogP contribution in [0.5, 0.6) is 11.5 Å². The van der Waals surface area contributed by atoms with E-state index in [1.165, 1.54) is 13.3 Å². The first-order chi connectivity index (χ1) is 10.7. The van der Waals surface area contributed by atoms with Gasteiger partial charge in [-0.15, -0.1) is 5.10 Å². The normalized spacial score (nSPS) is 15.1. The molecular formula is C16H13N3O3. The van der Waals surface area contributed by atoms with Crippen molar-refractivity contribution >= 4 is 23.5 Å². The van der Waals surface area contributed by atoms with Crippen molar-refractivity contribution in [2.45, 2.75) is 0 Å². The lowest BCUT2D eigenvalue weighted by Crippen LogP contribution is -2.13. The number of amides is 1. The van der Waals surface area contributed by atoms with Crippen molar-refractivity contribution in [3.8, 4) is 11.5 Å². The first-order valence-electron chi connectivity index (χ1n) is 6.58. The van der Waals surface area contributed by atoms with Gasteiger partial charge >= 0.3 is 0 Å². The number of phenolic OH excluding ortho intramolecular Hbond substituents is 1. The summed E-state index contributed by atoms with van der Waals surface area (Å²) in [5.41, 5.74) is 2.12. The number of rotatable bonds is 3. The van der Waals surface area contributed by atoms with Gasteiger partial charge in [-0.25, -0.2) is 0 Å². The fraction of sp³-hybridized carbons (Fsp3) is 0.0625. The zero-order valence-corrected chi connectivity index (χ0v) is 11.8. The Hall–Kier alpha value is -3.15. The molecule has 0 unspecified atom stereocenters. The molecule has 22 heavy (non-hydrogen) atoms. The fourth-order valence-corrected chi connectivity index (χ4v) is 2.16. The summed E-state index contributed by atoms with van der Waals surface area (Å²) >= 11 is 0. The van der Waals surface area contributed by atoms with E-state index in [-0.39, 0.29) is 17.4 Å². The predicted octanol–water partition coefficient (Wildman–Crippen LogP) is 2.18. The van der Waals surface area contributed by atoms with Crippen molar-refractivity contribution in [3.63, 3.8) is 0 Å². The van der Waals surface area contributed by atoms with Gasteiger partial charge in [0.2, 0.25) is 0 Å². The summed E-state index contributed by atoms with van der Waals surface area (Å²) in [6.45, 7) is 0. The van der Waals surface area contributed by atoms with Crippen LogP contribution in [-0.4, -0.2) is 30.0 Å². The Morgan fingerprint density at radius 1 is 1.18 bits per heavy atom. The third-order valence-electron chi connectivity index (χ3n) is 3.25. The number of benzene rings is 2. The minimum absolute atomic E-state index is 0.0229. The highest BCUT2D eigenvalue weighted by atomic mass is 16.5. The smallest absolute Gasteiger partial charge is 0.276 e. The maximum Gasteiger partial charge on any atom is 0.276 e. The van der Waals surface area contributed by atoms with Gasteiger partial charge in [0.05, 0.1) is 19.0 Å². The van der Waals surface area contributed by atoms with E-state index in [9.17, 15) is 9.90 Å². The maximum atomic E-state index is 11.9. The molecule has 2 N–H and O–H groups in total. The van der Waals surface area contributed by atoms with Gasteiger partial charge in [0, 0.05) is 11.1 Å². The van der Waals surface area contributed by atoms with Gasteiger partial charge in [-0.3, -0.25) is 4.79 Å². The van der Waals surface area contributed by atoms with E-state index in [1.54, 1.807) is 30.3 Å². The number of hydrogen-bond donors (Lipinski definition) is 2. The minimum Gasteiger partial charge on any atom is -0.504 e. The van der Waals surface area contributed by atoms with Crippen LogP contribution in [0.3, 0.4) is 0 Å². The number of anilines is 1. The molecule has 0 atom stereocenters. The Morgan fingerprint density at radius 2 is 2.00 bits per heavy atom. The molecule has 0 saturated carbocycles. The summed E-state index contributed by atoms with van der Waals surface area (Å²) in [6.07, 6.45) is 1.37. The number of carbonyl (C=O) groups excluding carboxylic acids is 1. The monoisotopic (exact) mass is 295 g/mol. The molecule has 0 aromatic heterocycles. The summed E-state index contributed by atoms with van der Waals surface area (Å²) in [4.78, 5) is 11.9. The van der Waals surface area contributed by atoms with Crippen LogP contribution in [0.15, 0.2) is 52.7 Å². The molecule has 0 spiro atoms. The van der Waals surface area contributed by atoms with Crippen LogP contribution in [0, 0.1) is 0 Å². The van der Waals surface area contributed by atoms with Crippen LogP contribution in [-0.2, 0) is 4.79 Å². The highest BCUT2D eigenvalue weighted by molar-refractivity contribution is 6.53. The average molecular weight is 295 g/mol. The van der Waals surface area contributed by atoms with E-state index in [0.717, 1.165) is 0 Å². The quantitative estimate of drug-likeness (QED) is 0.672. The lowest BCUT2D eigenvalue weighted by atomic mass is 10.1. The Kier molecular flexibility index (Phi) is 3.57. The summed E-state index contributed by atoms with van der Waals surface area (Å²) in [5, 5.41) is 20.5. The van der Waals surface area contributed by atoms with E-state index in [0.29, 0.717) is 22.6 Å². The Labute approximate surface area is 126 Å². The van der Waals surface area contributed by atoms with Gasteiger partial charge in [-0.2, -0.15) is 5.10 Å². The largest absolute Gasteiger partial charge is 0.504 e. The Balaban J connectivity index is 1.90. The maximum absolute atomic E-state index is 11.9. The van der Waals surface area contributed by atoms with Crippen molar-refractivity contribution in [1.29, 1.82) is 0 Å². The van der Waals surface area contributed by atoms with Gasteiger partial charge in [-0.05, 0) is 18.2 Å².